The Hall–Kier alpha value is -1.58. The summed E-state index contributed by atoms with van der Waals surface area (Å²) in [5.41, 5.74) is 0.458. The molecule has 0 bridgehead atoms. The Balaban J connectivity index is 2.79. The van der Waals surface area contributed by atoms with Crippen LogP contribution in [0.15, 0.2) is 24.0 Å². The number of cyclic esters (lactones) is 1. The summed E-state index contributed by atoms with van der Waals surface area (Å²) in [4.78, 5) is 23.0. The van der Waals surface area contributed by atoms with E-state index in [0.717, 1.165) is 19.3 Å². The van der Waals surface area contributed by atoms with Crippen molar-refractivity contribution in [3.63, 3.8) is 0 Å². The van der Waals surface area contributed by atoms with Gasteiger partial charge in [-0.1, -0.05) is 32.8 Å². The Labute approximate surface area is 120 Å². The second-order valence-corrected chi connectivity index (χ2v) is 5.51. The number of carbonyl (C=O) groups excluding carboxylic acids is 2. The van der Waals surface area contributed by atoms with Crippen LogP contribution >= 0.6 is 0 Å². The van der Waals surface area contributed by atoms with Crippen LogP contribution in [0, 0.1) is 11.8 Å². The van der Waals surface area contributed by atoms with Gasteiger partial charge in [-0.2, -0.15) is 0 Å². The van der Waals surface area contributed by atoms with Crippen LogP contribution in [0.25, 0.3) is 0 Å². The largest absolute Gasteiger partial charge is 0.461 e. The summed E-state index contributed by atoms with van der Waals surface area (Å²) in [5.74, 6) is 0.127. The monoisotopic (exact) mass is 280 g/mol. The molecule has 1 rings (SSSR count). The van der Waals surface area contributed by atoms with E-state index in [1.165, 1.54) is 6.92 Å². The van der Waals surface area contributed by atoms with E-state index in [9.17, 15) is 9.59 Å². The van der Waals surface area contributed by atoms with Gasteiger partial charge in [-0.3, -0.25) is 4.79 Å². The highest BCUT2D eigenvalue weighted by Crippen LogP contribution is 2.29. The van der Waals surface area contributed by atoms with E-state index >= 15 is 0 Å². The molecule has 112 valence electrons. The zero-order chi connectivity index (χ0) is 15.1. The number of carbonyl (C=O) groups is 2. The van der Waals surface area contributed by atoms with Crippen molar-refractivity contribution in [1.29, 1.82) is 0 Å². The molecule has 1 aliphatic rings. The average molecular weight is 280 g/mol. The van der Waals surface area contributed by atoms with Crippen molar-refractivity contribution in [2.75, 3.05) is 6.61 Å². The lowest BCUT2D eigenvalue weighted by atomic mass is 9.98. The fourth-order valence-corrected chi connectivity index (χ4v) is 2.24. The standard InChI is InChI=1S/C16H24O4/c1-5-13-10-19-16(18)15(13)14(20-12(4)17)9-7-6-8-11(2)3/h5,11,13H,1,6-10H2,2-4H3/b15-14-. The highest BCUT2D eigenvalue weighted by molar-refractivity contribution is 5.92. The molecule has 1 unspecified atom stereocenters. The fourth-order valence-electron chi connectivity index (χ4n) is 2.24. The summed E-state index contributed by atoms with van der Waals surface area (Å²) in [6, 6.07) is 0. The minimum absolute atomic E-state index is 0.179. The predicted octanol–water partition coefficient (Wildman–Crippen LogP) is 3.38. The molecule has 1 fully saturated rings. The predicted molar refractivity (Wildman–Crippen MR) is 76.7 cm³/mol. The van der Waals surface area contributed by atoms with Crippen LogP contribution in [0.5, 0.6) is 0 Å². The van der Waals surface area contributed by atoms with E-state index in [1.807, 2.05) is 0 Å². The Kier molecular flexibility index (Phi) is 6.49. The normalized spacial score (nSPS) is 20.8. The molecule has 0 spiro atoms. The third kappa shape index (κ3) is 4.83. The molecule has 4 nitrogen and oxygen atoms in total. The van der Waals surface area contributed by atoms with Crippen molar-refractivity contribution >= 4 is 11.9 Å². The Morgan fingerprint density at radius 2 is 2.20 bits per heavy atom. The van der Waals surface area contributed by atoms with Crippen LogP contribution in [-0.2, 0) is 19.1 Å². The van der Waals surface area contributed by atoms with Crippen LogP contribution in [-0.4, -0.2) is 18.5 Å². The molecule has 0 amide bonds. The molecule has 0 aromatic heterocycles. The number of esters is 2. The second-order valence-electron chi connectivity index (χ2n) is 5.51. The SMILES string of the molecule is C=CC1COC(=O)/C1=C(/CCCCC(C)C)OC(C)=O. The number of hydrogen-bond donors (Lipinski definition) is 0. The summed E-state index contributed by atoms with van der Waals surface area (Å²) in [7, 11) is 0. The first-order valence-electron chi connectivity index (χ1n) is 7.16. The van der Waals surface area contributed by atoms with Crippen LogP contribution in [0.3, 0.4) is 0 Å². The number of allylic oxidation sites excluding steroid dienone is 1. The lowest BCUT2D eigenvalue weighted by Crippen LogP contribution is -2.10. The van der Waals surface area contributed by atoms with Crippen molar-refractivity contribution in [2.45, 2.75) is 46.5 Å². The maximum atomic E-state index is 11.8. The molecule has 0 saturated carbocycles. The second kappa shape index (κ2) is 7.88. The molecular formula is C16H24O4. The molecule has 0 aromatic carbocycles. The van der Waals surface area contributed by atoms with Gasteiger partial charge < -0.3 is 9.47 Å². The number of unbranched alkanes of at least 4 members (excludes halogenated alkanes) is 1. The van der Waals surface area contributed by atoms with Gasteiger partial charge in [-0.15, -0.1) is 6.58 Å². The summed E-state index contributed by atoms with van der Waals surface area (Å²) in [5, 5.41) is 0. The van der Waals surface area contributed by atoms with Gasteiger partial charge in [0.15, 0.2) is 0 Å². The summed E-state index contributed by atoms with van der Waals surface area (Å²) < 4.78 is 10.3. The van der Waals surface area contributed by atoms with Crippen LogP contribution in [0.4, 0.5) is 0 Å². The Morgan fingerprint density at radius 3 is 2.75 bits per heavy atom. The fraction of sp³-hybridized carbons (Fsp3) is 0.625. The zero-order valence-electron chi connectivity index (χ0n) is 12.6. The molecule has 1 heterocycles. The van der Waals surface area contributed by atoms with Gasteiger partial charge in [0.1, 0.15) is 12.4 Å². The van der Waals surface area contributed by atoms with E-state index in [4.69, 9.17) is 9.47 Å². The number of hydrogen-bond acceptors (Lipinski definition) is 4. The Bertz CT molecular complexity index is 407. The quantitative estimate of drug-likeness (QED) is 0.236. The molecule has 0 aliphatic carbocycles. The molecule has 4 heteroatoms. The van der Waals surface area contributed by atoms with Gasteiger partial charge in [0.25, 0.3) is 0 Å². The van der Waals surface area contributed by atoms with Gasteiger partial charge in [0, 0.05) is 19.3 Å². The van der Waals surface area contributed by atoms with Crippen molar-refractivity contribution in [2.24, 2.45) is 11.8 Å². The van der Waals surface area contributed by atoms with Gasteiger partial charge in [0.05, 0.1) is 5.57 Å². The minimum atomic E-state index is -0.404. The zero-order valence-corrected chi connectivity index (χ0v) is 12.6. The maximum Gasteiger partial charge on any atom is 0.338 e. The number of rotatable bonds is 7. The minimum Gasteiger partial charge on any atom is -0.461 e. The highest BCUT2D eigenvalue weighted by atomic mass is 16.6. The van der Waals surface area contributed by atoms with Crippen molar-refractivity contribution in [3.05, 3.63) is 24.0 Å². The van der Waals surface area contributed by atoms with E-state index in [0.29, 0.717) is 23.7 Å². The summed E-state index contributed by atoms with van der Waals surface area (Å²) >= 11 is 0. The van der Waals surface area contributed by atoms with E-state index in [1.54, 1.807) is 6.08 Å². The first-order chi connectivity index (χ1) is 9.45. The van der Waals surface area contributed by atoms with E-state index in [-0.39, 0.29) is 12.5 Å². The number of ether oxygens (including phenoxy) is 2. The lowest BCUT2D eigenvalue weighted by Gasteiger charge is -2.12. The highest BCUT2D eigenvalue weighted by Gasteiger charge is 2.32. The molecule has 1 atom stereocenters. The molecule has 0 aromatic rings. The maximum absolute atomic E-state index is 11.8. The van der Waals surface area contributed by atoms with Gasteiger partial charge in [-0.25, -0.2) is 4.79 Å². The van der Waals surface area contributed by atoms with E-state index < -0.39 is 11.9 Å². The van der Waals surface area contributed by atoms with Crippen LogP contribution < -0.4 is 0 Å². The topological polar surface area (TPSA) is 52.6 Å². The first-order valence-corrected chi connectivity index (χ1v) is 7.16. The first kappa shape index (κ1) is 16.5. The summed E-state index contributed by atoms with van der Waals surface area (Å²) in [6.07, 6.45) is 5.31. The molecule has 1 saturated heterocycles. The summed E-state index contributed by atoms with van der Waals surface area (Å²) in [6.45, 7) is 9.68. The van der Waals surface area contributed by atoms with Crippen LogP contribution in [0.1, 0.15) is 46.5 Å². The van der Waals surface area contributed by atoms with Crippen molar-refractivity contribution < 1.29 is 19.1 Å². The molecule has 1 aliphatic heterocycles. The van der Waals surface area contributed by atoms with Gasteiger partial charge in [-0.05, 0) is 12.3 Å². The van der Waals surface area contributed by atoms with Crippen molar-refractivity contribution in [3.8, 4) is 0 Å². The third-order valence-corrected chi connectivity index (χ3v) is 3.27. The van der Waals surface area contributed by atoms with Crippen molar-refractivity contribution in [1.82, 2.24) is 0 Å². The van der Waals surface area contributed by atoms with E-state index in [2.05, 4.69) is 20.4 Å². The molecule has 0 radical (unpaired) electrons. The van der Waals surface area contributed by atoms with Gasteiger partial charge >= 0.3 is 11.9 Å². The molecular weight excluding hydrogens is 256 g/mol. The molecule has 0 N–H and O–H groups in total. The lowest BCUT2D eigenvalue weighted by molar-refractivity contribution is -0.137. The third-order valence-electron chi connectivity index (χ3n) is 3.27. The average Bonchev–Trinajstić information content (AvgIpc) is 2.73. The Morgan fingerprint density at radius 1 is 1.50 bits per heavy atom. The van der Waals surface area contributed by atoms with Crippen LogP contribution in [0.2, 0.25) is 0 Å². The van der Waals surface area contributed by atoms with Gasteiger partial charge in [0.2, 0.25) is 0 Å². The smallest absolute Gasteiger partial charge is 0.338 e. The molecule has 20 heavy (non-hydrogen) atoms.